The van der Waals surface area contributed by atoms with E-state index >= 15 is 0 Å². The molecule has 0 heterocycles. The minimum atomic E-state index is -3.54. The van der Waals surface area contributed by atoms with Gasteiger partial charge in [-0.3, -0.25) is 0 Å². The lowest BCUT2D eigenvalue weighted by Gasteiger charge is -2.15. The van der Waals surface area contributed by atoms with Gasteiger partial charge >= 0.3 is 0 Å². The molecule has 0 aromatic heterocycles. The highest BCUT2D eigenvalue weighted by atomic mass is 35.7. The van der Waals surface area contributed by atoms with Crippen LogP contribution in [-0.4, -0.2) is 31.2 Å². The van der Waals surface area contributed by atoms with Crippen molar-refractivity contribution < 1.29 is 8.42 Å². The van der Waals surface area contributed by atoms with Crippen molar-refractivity contribution in [2.45, 2.75) is 18.9 Å². The third-order valence-electron chi connectivity index (χ3n) is 1.54. The SMILES string of the molecule is O=S(=O)(Cl)N(CCCl)C1CC1. The van der Waals surface area contributed by atoms with Gasteiger partial charge in [-0.2, -0.15) is 12.7 Å². The Kier molecular flexibility index (Phi) is 3.02. The van der Waals surface area contributed by atoms with E-state index in [9.17, 15) is 8.42 Å². The van der Waals surface area contributed by atoms with Gasteiger partial charge in [0.1, 0.15) is 0 Å². The van der Waals surface area contributed by atoms with Gasteiger partial charge in [0.15, 0.2) is 0 Å². The van der Waals surface area contributed by atoms with E-state index in [1.165, 1.54) is 4.31 Å². The Morgan fingerprint density at radius 1 is 1.45 bits per heavy atom. The van der Waals surface area contributed by atoms with E-state index in [1.54, 1.807) is 0 Å². The number of alkyl halides is 1. The summed E-state index contributed by atoms with van der Waals surface area (Å²) in [5.74, 6) is 0.294. The second-order valence-electron chi connectivity index (χ2n) is 2.47. The van der Waals surface area contributed by atoms with Gasteiger partial charge in [-0.25, -0.2) is 0 Å². The first kappa shape index (κ1) is 9.58. The van der Waals surface area contributed by atoms with Gasteiger partial charge in [0.05, 0.1) is 0 Å². The van der Waals surface area contributed by atoms with Gasteiger partial charge in [0, 0.05) is 29.1 Å². The third kappa shape index (κ3) is 2.78. The molecule has 1 aliphatic rings. The normalized spacial score (nSPS) is 19.2. The van der Waals surface area contributed by atoms with Crippen molar-refractivity contribution in [2.24, 2.45) is 0 Å². The lowest BCUT2D eigenvalue weighted by atomic mass is 10.6. The van der Waals surface area contributed by atoms with E-state index in [1.807, 2.05) is 0 Å². The van der Waals surface area contributed by atoms with Gasteiger partial charge < -0.3 is 0 Å². The number of hydrogen-bond acceptors (Lipinski definition) is 2. The number of halogens is 2. The second kappa shape index (κ2) is 3.47. The third-order valence-corrected chi connectivity index (χ3v) is 3.28. The van der Waals surface area contributed by atoms with Crippen molar-refractivity contribution in [3.63, 3.8) is 0 Å². The van der Waals surface area contributed by atoms with Crippen LogP contribution in [0.2, 0.25) is 0 Å². The average Bonchev–Trinajstić information content (AvgIpc) is 2.61. The first-order chi connectivity index (χ1) is 5.05. The Balaban J connectivity index is 2.59. The van der Waals surface area contributed by atoms with Gasteiger partial charge in [0.25, 0.3) is 9.24 Å². The van der Waals surface area contributed by atoms with Crippen LogP contribution in [-0.2, 0) is 9.24 Å². The molecule has 3 nitrogen and oxygen atoms in total. The topological polar surface area (TPSA) is 37.4 Å². The molecule has 66 valence electrons. The maximum Gasteiger partial charge on any atom is 0.300 e. The van der Waals surface area contributed by atoms with Gasteiger partial charge in [-0.1, -0.05) is 0 Å². The maximum absolute atomic E-state index is 10.8. The molecule has 11 heavy (non-hydrogen) atoms. The lowest BCUT2D eigenvalue weighted by molar-refractivity contribution is 0.434. The highest BCUT2D eigenvalue weighted by Gasteiger charge is 2.35. The van der Waals surface area contributed by atoms with E-state index in [4.69, 9.17) is 22.3 Å². The van der Waals surface area contributed by atoms with Crippen LogP contribution in [0.15, 0.2) is 0 Å². The summed E-state index contributed by atoms with van der Waals surface area (Å²) in [4.78, 5) is 0. The predicted octanol–water partition coefficient (Wildman–Crippen LogP) is 1.17. The number of nitrogens with zero attached hydrogens (tertiary/aromatic N) is 1. The van der Waals surface area contributed by atoms with Gasteiger partial charge in [-0.15, -0.1) is 11.6 Å². The number of rotatable bonds is 4. The van der Waals surface area contributed by atoms with E-state index in [0.717, 1.165) is 12.8 Å². The molecule has 0 spiro atoms. The molecular formula is C5H9Cl2NO2S. The molecule has 0 N–H and O–H groups in total. The van der Waals surface area contributed by atoms with E-state index in [2.05, 4.69) is 0 Å². The van der Waals surface area contributed by atoms with Crippen LogP contribution in [0.3, 0.4) is 0 Å². The van der Waals surface area contributed by atoms with Crippen molar-refractivity contribution in [1.29, 1.82) is 0 Å². The molecule has 1 saturated carbocycles. The fraction of sp³-hybridized carbons (Fsp3) is 1.00. The second-order valence-corrected chi connectivity index (χ2v) is 5.31. The fourth-order valence-corrected chi connectivity index (χ4v) is 2.62. The average molecular weight is 218 g/mol. The minimum Gasteiger partial charge on any atom is -0.195 e. The summed E-state index contributed by atoms with van der Waals surface area (Å²) in [5, 5.41) is 0. The van der Waals surface area contributed by atoms with Gasteiger partial charge in [0.2, 0.25) is 0 Å². The van der Waals surface area contributed by atoms with E-state index in [0.29, 0.717) is 12.4 Å². The largest absolute Gasteiger partial charge is 0.300 e. The standard InChI is InChI=1S/C5H9Cl2NO2S/c6-3-4-8(5-1-2-5)11(7,9)10/h5H,1-4H2. The van der Waals surface area contributed by atoms with Crippen molar-refractivity contribution in [3.8, 4) is 0 Å². The molecule has 0 atom stereocenters. The lowest BCUT2D eigenvalue weighted by Crippen LogP contribution is -2.31. The molecule has 6 heteroatoms. The Morgan fingerprint density at radius 2 is 2.00 bits per heavy atom. The molecular weight excluding hydrogens is 209 g/mol. The summed E-state index contributed by atoms with van der Waals surface area (Å²) >= 11 is 5.41. The van der Waals surface area contributed by atoms with Crippen molar-refractivity contribution in [1.82, 2.24) is 4.31 Å². The highest BCUT2D eigenvalue weighted by molar-refractivity contribution is 8.11. The Labute approximate surface area is 75.8 Å². The predicted molar refractivity (Wildman–Crippen MR) is 45.2 cm³/mol. The van der Waals surface area contributed by atoms with Crippen LogP contribution in [0.1, 0.15) is 12.8 Å². The first-order valence-corrected chi connectivity index (χ1v) is 6.13. The molecule has 0 aromatic carbocycles. The zero-order chi connectivity index (χ0) is 8.48. The van der Waals surface area contributed by atoms with Crippen molar-refractivity contribution >= 4 is 31.5 Å². The summed E-state index contributed by atoms with van der Waals surface area (Å²) in [6.07, 6.45) is 1.81. The summed E-state index contributed by atoms with van der Waals surface area (Å²) in [7, 11) is 1.61. The highest BCUT2D eigenvalue weighted by Crippen LogP contribution is 2.30. The molecule has 0 radical (unpaired) electrons. The van der Waals surface area contributed by atoms with E-state index < -0.39 is 9.24 Å². The fourth-order valence-electron chi connectivity index (χ4n) is 0.915. The van der Waals surface area contributed by atoms with Crippen LogP contribution >= 0.6 is 22.3 Å². The zero-order valence-corrected chi connectivity index (χ0v) is 8.16. The molecule has 1 aliphatic carbocycles. The molecule has 1 fully saturated rings. The van der Waals surface area contributed by atoms with Crippen LogP contribution in [0.5, 0.6) is 0 Å². The maximum atomic E-state index is 10.8. The molecule has 0 bridgehead atoms. The molecule has 0 saturated heterocycles. The van der Waals surface area contributed by atoms with Gasteiger partial charge in [-0.05, 0) is 12.8 Å². The van der Waals surface area contributed by atoms with Crippen molar-refractivity contribution in [2.75, 3.05) is 12.4 Å². The number of hydrogen-bond donors (Lipinski definition) is 0. The zero-order valence-electron chi connectivity index (χ0n) is 5.83. The Morgan fingerprint density at radius 3 is 2.27 bits per heavy atom. The molecule has 0 aliphatic heterocycles. The summed E-state index contributed by atoms with van der Waals surface area (Å²) in [6.45, 7) is 0.318. The summed E-state index contributed by atoms with van der Waals surface area (Å²) < 4.78 is 22.9. The van der Waals surface area contributed by atoms with Crippen molar-refractivity contribution in [3.05, 3.63) is 0 Å². The smallest absolute Gasteiger partial charge is 0.195 e. The van der Waals surface area contributed by atoms with E-state index in [-0.39, 0.29) is 6.04 Å². The van der Waals surface area contributed by atoms with Crippen LogP contribution in [0.4, 0.5) is 0 Å². The van der Waals surface area contributed by atoms with Crippen LogP contribution in [0, 0.1) is 0 Å². The van der Waals surface area contributed by atoms with Crippen LogP contribution < -0.4 is 0 Å². The summed E-state index contributed by atoms with van der Waals surface area (Å²) in [5.41, 5.74) is 0. The summed E-state index contributed by atoms with van der Waals surface area (Å²) in [6, 6.07) is 0.108. The monoisotopic (exact) mass is 217 g/mol. The minimum absolute atomic E-state index is 0.108. The molecule has 0 unspecified atom stereocenters. The first-order valence-electron chi connectivity index (χ1n) is 3.33. The van der Waals surface area contributed by atoms with Crippen LogP contribution in [0.25, 0.3) is 0 Å². The molecule has 0 aromatic rings. The Hall–Kier alpha value is 0.490. The molecule has 0 amide bonds. The quantitative estimate of drug-likeness (QED) is 0.524. The molecule has 1 rings (SSSR count). The Bertz CT molecular complexity index is 225.